The predicted octanol–water partition coefficient (Wildman–Crippen LogP) is 3.37. The van der Waals surface area contributed by atoms with Crippen LogP contribution < -0.4 is 19.8 Å². The van der Waals surface area contributed by atoms with Crippen LogP contribution >= 0.6 is 0 Å². The molecule has 3 aliphatic heterocycles. The van der Waals surface area contributed by atoms with Gasteiger partial charge in [-0.05, 0) is 20.8 Å². The van der Waals surface area contributed by atoms with Crippen molar-refractivity contribution in [1.82, 2.24) is 15.5 Å². The monoisotopic (exact) mass is 635 g/mol. The molecule has 4 atom stereocenters. The van der Waals surface area contributed by atoms with Gasteiger partial charge in [0.15, 0.2) is 0 Å². The molecule has 6 rings (SSSR count). The van der Waals surface area contributed by atoms with E-state index in [1.165, 1.54) is 9.36 Å². The molecule has 0 saturated carbocycles. The molecule has 42 heavy (non-hydrogen) atoms. The van der Waals surface area contributed by atoms with Crippen molar-refractivity contribution in [2.45, 2.75) is 62.2 Å². The third kappa shape index (κ3) is 7.52. The summed E-state index contributed by atoms with van der Waals surface area (Å²) in [6.45, 7) is 6.09. The van der Waals surface area contributed by atoms with E-state index >= 15 is 0 Å². The van der Waals surface area contributed by atoms with Crippen molar-refractivity contribution in [3.8, 4) is 5.75 Å². The van der Waals surface area contributed by atoms with Crippen molar-refractivity contribution in [3.63, 3.8) is 0 Å². The van der Waals surface area contributed by atoms with E-state index in [9.17, 15) is 14.4 Å². The normalized spacial score (nSPS) is 22.8. The molecule has 3 aromatic rings. The van der Waals surface area contributed by atoms with Crippen LogP contribution in [0.4, 0.5) is 4.79 Å². The third-order valence-corrected chi connectivity index (χ3v) is 9.84. The number of nitrogens with one attached hydrogen (secondary N) is 2. The molecule has 3 aromatic carbocycles. The Morgan fingerprint density at radius 3 is 2.29 bits per heavy atom. The maximum atomic E-state index is 13.9. The summed E-state index contributed by atoms with van der Waals surface area (Å²) in [5, 5.41) is 6.10. The van der Waals surface area contributed by atoms with E-state index in [0.717, 1.165) is 11.1 Å². The van der Waals surface area contributed by atoms with Gasteiger partial charge in [-0.25, -0.2) is 0 Å². The van der Waals surface area contributed by atoms with Gasteiger partial charge in [0.05, 0.1) is 0 Å². The van der Waals surface area contributed by atoms with E-state index in [4.69, 9.17) is 9.47 Å². The van der Waals surface area contributed by atoms with Gasteiger partial charge in [0.25, 0.3) is 0 Å². The molecule has 3 aliphatic rings. The Kier molecular flexibility index (Phi) is 9.19. The van der Waals surface area contributed by atoms with Gasteiger partial charge in [0.1, 0.15) is 0 Å². The maximum absolute atomic E-state index is 13.9. The van der Waals surface area contributed by atoms with Crippen LogP contribution in [0.2, 0.25) is 0 Å². The molecule has 3 amide bonds. The minimum absolute atomic E-state index is 0.0522. The summed E-state index contributed by atoms with van der Waals surface area (Å²) in [7, 11) is 0. The average molecular weight is 635 g/mol. The average Bonchev–Trinajstić information content (AvgIpc) is 3.39. The molecular weight excluding hydrogens is 597 g/mol. The van der Waals surface area contributed by atoms with Crippen LogP contribution in [-0.2, 0) is 20.7 Å². The van der Waals surface area contributed by atoms with E-state index in [1.807, 2.05) is 72.8 Å². The third-order valence-electron chi connectivity index (χ3n) is 7.18. The van der Waals surface area contributed by atoms with E-state index in [1.54, 1.807) is 20.8 Å². The number of ether oxygens (including phenoxy) is 2. The number of carbonyl (C=O) groups excluding carboxylic acids is 3. The molecular formula is C33H37N3O5Se. The Labute approximate surface area is 253 Å². The summed E-state index contributed by atoms with van der Waals surface area (Å²) in [6.07, 6.45) is -0.420. The van der Waals surface area contributed by atoms with Gasteiger partial charge in [0, 0.05) is 0 Å². The second-order valence-corrected chi connectivity index (χ2v) is 14.2. The summed E-state index contributed by atoms with van der Waals surface area (Å²) >= 11 is 0.0522. The number of rotatable bonds is 4. The topological polar surface area (TPSA) is 97.0 Å². The first-order valence-corrected chi connectivity index (χ1v) is 16.1. The van der Waals surface area contributed by atoms with Crippen LogP contribution in [0.3, 0.4) is 0 Å². The second-order valence-electron chi connectivity index (χ2n) is 11.5. The van der Waals surface area contributed by atoms with E-state index < -0.39 is 35.8 Å². The van der Waals surface area contributed by atoms with Gasteiger partial charge < -0.3 is 0 Å². The Bertz CT molecular complexity index is 1380. The van der Waals surface area contributed by atoms with E-state index in [-0.39, 0.29) is 25.7 Å². The van der Waals surface area contributed by atoms with E-state index in [0.29, 0.717) is 31.7 Å². The molecule has 0 aliphatic carbocycles. The minimum atomic E-state index is -0.956. The summed E-state index contributed by atoms with van der Waals surface area (Å²) in [5.74, 6) is -0.0901. The fourth-order valence-corrected chi connectivity index (χ4v) is 7.50. The predicted molar refractivity (Wildman–Crippen MR) is 162 cm³/mol. The Morgan fingerprint density at radius 1 is 0.952 bits per heavy atom. The number of carbonyl (C=O) groups is 3. The van der Waals surface area contributed by atoms with Crippen LogP contribution in [0.15, 0.2) is 84.9 Å². The molecule has 1 saturated heterocycles. The van der Waals surface area contributed by atoms with Crippen molar-refractivity contribution in [2.24, 2.45) is 0 Å². The van der Waals surface area contributed by atoms with Crippen molar-refractivity contribution >= 4 is 37.3 Å². The number of hydrogen-bond donors (Lipinski definition) is 2. The zero-order valence-electron chi connectivity index (χ0n) is 24.1. The first-order valence-electron chi connectivity index (χ1n) is 14.3. The van der Waals surface area contributed by atoms with Crippen molar-refractivity contribution in [1.29, 1.82) is 0 Å². The Morgan fingerprint density at radius 2 is 1.62 bits per heavy atom. The number of benzene rings is 3. The fraction of sp³-hybridized carbons (Fsp3) is 0.364. The van der Waals surface area contributed by atoms with Gasteiger partial charge in [-0.2, -0.15) is 0 Å². The van der Waals surface area contributed by atoms with Gasteiger partial charge in [-0.15, -0.1) is 0 Å². The van der Waals surface area contributed by atoms with Crippen LogP contribution in [-0.4, -0.2) is 74.6 Å². The molecule has 2 bridgehead atoms. The second kappa shape index (κ2) is 13.0. The van der Waals surface area contributed by atoms with Crippen molar-refractivity contribution in [2.75, 3.05) is 13.1 Å². The zero-order chi connectivity index (χ0) is 29.7. The van der Waals surface area contributed by atoms with Crippen LogP contribution in [0.1, 0.15) is 43.1 Å². The zero-order valence-corrected chi connectivity index (χ0v) is 25.8. The molecule has 3 heterocycles. The standard InChI is InChI=1S/C33H37N3O5Se/c1-33(2,3)41-32(39)36-19-18-27-29(36)31(38)35-26(20-22-10-6-4-7-11-22)30(37)34-21-28(42-25-12-8-5-9-13-25)23-14-16-24(40-27)17-15-23/h4-17,26-29H,18-21H2,1-3H3,(H,34,37)(H,35,38)/t26-,27-,28-,29-/m0/s1. The molecule has 0 aromatic heterocycles. The Balaban J connectivity index is 1.48. The number of likely N-dealkylation sites (tertiary alicyclic amines) is 1. The van der Waals surface area contributed by atoms with E-state index in [2.05, 4.69) is 22.8 Å². The number of fused-ring (bicyclic) bond motifs is 8. The molecule has 9 heteroatoms. The van der Waals surface area contributed by atoms with Crippen LogP contribution in [0.25, 0.3) is 0 Å². The SMILES string of the molecule is CC(C)(C)OC(=O)N1CC[C@@H]2Oc3ccc(cc3)[C@@H]([Se]c3ccccc3)CNC(=O)[C@H](Cc3ccccc3)NC(=O)[C@H]21. The summed E-state index contributed by atoms with van der Waals surface area (Å²) in [5.41, 5.74) is 1.30. The first-order chi connectivity index (χ1) is 20.2. The molecule has 1 fully saturated rings. The summed E-state index contributed by atoms with van der Waals surface area (Å²) in [4.78, 5) is 42.3. The van der Waals surface area contributed by atoms with Crippen LogP contribution in [0, 0.1) is 0 Å². The molecule has 0 spiro atoms. The molecule has 0 unspecified atom stereocenters. The number of hydrogen-bond acceptors (Lipinski definition) is 5. The van der Waals surface area contributed by atoms with Gasteiger partial charge in [0.2, 0.25) is 0 Å². The van der Waals surface area contributed by atoms with Gasteiger partial charge >= 0.3 is 233 Å². The number of amides is 3. The summed E-state index contributed by atoms with van der Waals surface area (Å²) in [6, 6.07) is 25.9. The molecule has 2 N–H and O–H groups in total. The van der Waals surface area contributed by atoms with Crippen LogP contribution in [0.5, 0.6) is 5.75 Å². The molecule has 0 radical (unpaired) electrons. The quantitative estimate of drug-likeness (QED) is 0.430. The van der Waals surface area contributed by atoms with Gasteiger partial charge in [-0.1, -0.05) is 0 Å². The summed E-state index contributed by atoms with van der Waals surface area (Å²) < 4.78 is 13.2. The van der Waals surface area contributed by atoms with Gasteiger partial charge in [-0.3, -0.25) is 0 Å². The molecule has 220 valence electrons. The number of nitrogens with zero attached hydrogens (tertiary/aromatic N) is 1. The first kappa shape index (κ1) is 29.7. The molecule has 8 nitrogen and oxygen atoms in total. The Hall–Kier alpha value is -3.81. The fourth-order valence-electron chi connectivity index (χ4n) is 5.18. The van der Waals surface area contributed by atoms with Crippen molar-refractivity contribution in [3.05, 3.63) is 96.1 Å². The van der Waals surface area contributed by atoms with Crippen molar-refractivity contribution < 1.29 is 23.9 Å².